The third-order valence-electron chi connectivity index (χ3n) is 3.99. The summed E-state index contributed by atoms with van der Waals surface area (Å²) in [5.41, 5.74) is -0.215. The van der Waals surface area contributed by atoms with Crippen molar-refractivity contribution in [3.8, 4) is 0 Å². The zero-order chi connectivity index (χ0) is 14.9. The summed E-state index contributed by atoms with van der Waals surface area (Å²) in [7, 11) is 0. The van der Waals surface area contributed by atoms with Crippen molar-refractivity contribution in [2.45, 2.75) is 20.3 Å². The van der Waals surface area contributed by atoms with E-state index in [2.05, 4.69) is 10.6 Å². The van der Waals surface area contributed by atoms with Crippen LogP contribution in [0.5, 0.6) is 0 Å². The Labute approximate surface area is 127 Å². The fraction of sp³-hybridized carbons (Fsp3) is 0.500. The van der Waals surface area contributed by atoms with Crippen molar-refractivity contribution in [2.75, 3.05) is 18.4 Å². The quantitative estimate of drug-likeness (QED) is 0.892. The molecular weight excluding hydrogens is 302 g/mol. The maximum atomic E-state index is 13.2. The van der Waals surface area contributed by atoms with E-state index in [4.69, 9.17) is 23.2 Å². The Morgan fingerprint density at radius 1 is 1.40 bits per heavy atom. The first kappa shape index (κ1) is 15.5. The van der Waals surface area contributed by atoms with E-state index < -0.39 is 11.2 Å². The first-order valence-corrected chi connectivity index (χ1v) is 7.29. The summed E-state index contributed by atoms with van der Waals surface area (Å²) in [6.07, 6.45) is 0.757. The van der Waals surface area contributed by atoms with Crippen LogP contribution in [0.3, 0.4) is 0 Å². The maximum absolute atomic E-state index is 13.2. The highest BCUT2D eigenvalue weighted by Gasteiger charge is 2.44. The van der Waals surface area contributed by atoms with Gasteiger partial charge >= 0.3 is 0 Å². The SMILES string of the molecule is CC(C)C1(C(=O)Nc2c(Cl)cc(F)cc2Cl)CCNC1. The van der Waals surface area contributed by atoms with E-state index in [1.807, 2.05) is 13.8 Å². The molecule has 1 fully saturated rings. The molecule has 0 bridgehead atoms. The second-order valence-corrected chi connectivity index (χ2v) is 6.25. The first-order chi connectivity index (χ1) is 9.36. The molecule has 1 aromatic carbocycles. The van der Waals surface area contributed by atoms with Crippen LogP contribution in [0, 0.1) is 17.2 Å². The average molecular weight is 319 g/mol. The lowest BCUT2D eigenvalue weighted by Gasteiger charge is -2.31. The number of carbonyl (C=O) groups is 1. The third-order valence-corrected chi connectivity index (χ3v) is 4.59. The van der Waals surface area contributed by atoms with Crippen molar-refractivity contribution in [3.63, 3.8) is 0 Å². The lowest BCUT2D eigenvalue weighted by atomic mass is 9.75. The monoisotopic (exact) mass is 318 g/mol. The molecule has 1 amide bonds. The summed E-state index contributed by atoms with van der Waals surface area (Å²) in [5, 5.41) is 6.18. The Morgan fingerprint density at radius 3 is 2.45 bits per heavy atom. The predicted octanol–water partition coefficient (Wildman–Crippen LogP) is 3.71. The van der Waals surface area contributed by atoms with E-state index >= 15 is 0 Å². The minimum Gasteiger partial charge on any atom is -0.323 e. The van der Waals surface area contributed by atoms with Gasteiger partial charge in [-0.1, -0.05) is 37.0 Å². The van der Waals surface area contributed by atoms with Crippen LogP contribution in [0.1, 0.15) is 20.3 Å². The van der Waals surface area contributed by atoms with Gasteiger partial charge in [0, 0.05) is 6.54 Å². The van der Waals surface area contributed by atoms with E-state index in [0.717, 1.165) is 25.1 Å². The molecule has 0 saturated carbocycles. The van der Waals surface area contributed by atoms with E-state index in [-0.39, 0.29) is 27.6 Å². The Kier molecular flexibility index (Phi) is 4.57. The van der Waals surface area contributed by atoms with Gasteiger partial charge in [0.05, 0.1) is 21.1 Å². The summed E-state index contributed by atoms with van der Waals surface area (Å²) < 4.78 is 13.2. The van der Waals surface area contributed by atoms with Crippen molar-refractivity contribution in [2.24, 2.45) is 11.3 Å². The summed E-state index contributed by atoms with van der Waals surface area (Å²) in [6.45, 7) is 5.45. The predicted molar refractivity (Wildman–Crippen MR) is 79.8 cm³/mol. The summed E-state index contributed by atoms with van der Waals surface area (Å²) in [6, 6.07) is 2.27. The highest BCUT2D eigenvalue weighted by Crippen LogP contribution is 2.38. The van der Waals surface area contributed by atoms with E-state index in [1.54, 1.807) is 0 Å². The molecule has 0 aromatic heterocycles. The molecule has 110 valence electrons. The Bertz CT molecular complexity index is 505. The second-order valence-electron chi connectivity index (χ2n) is 5.44. The number of hydrogen-bond acceptors (Lipinski definition) is 2. The molecule has 1 heterocycles. The van der Waals surface area contributed by atoms with Gasteiger partial charge in [0.25, 0.3) is 0 Å². The fourth-order valence-electron chi connectivity index (χ4n) is 2.56. The van der Waals surface area contributed by atoms with Gasteiger partial charge in [0.1, 0.15) is 5.82 Å². The van der Waals surface area contributed by atoms with Gasteiger partial charge in [-0.05, 0) is 31.0 Å². The molecule has 1 aromatic rings. The number of amides is 1. The fourth-order valence-corrected chi connectivity index (χ4v) is 3.11. The molecule has 1 aliphatic heterocycles. The number of rotatable bonds is 3. The lowest BCUT2D eigenvalue weighted by Crippen LogP contribution is -2.42. The molecule has 3 nitrogen and oxygen atoms in total. The molecule has 0 spiro atoms. The van der Waals surface area contributed by atoms with Crippen LogP contribution in [0.2, 0.25) is 10.0 Å². The van der Waals surface area contributed by atoms with Crippen LogP contribution in [0.4, 0.5) is 10.1 Å². The minimum absolute atomic E-state index is 0.105. The van der Waals surface area contributed by atoms with Crippen LogP contribution in [-0.2, 0) is 4.79 Å². The van der Waals surface area contributed by atoms with Crippen LogP contribution < -0.4 is 10.6 Å². The van der Waals surface area contributed by atoms with E-state index in [9.17, 15) is 9.18 Å². The van der Waals surface area contributed by atoms with Crippen molar-refractivity contribution in [1.82, 2.24) is 5.32 Å². The molecule has 1 atom stereocenters. The second kappa shape index (κ2) is 5.88. The number of benzene rings is 1. The van der Waals surface area contributed by atoms with Crippen LogP contribution in [0.25, 0.3) is 0 Å². The summed E-state index contributed by atoms with van der Waals surface area (Å²) in [4.78, 5) is 12.6. The van der Waals surface area contributed by atoms with Crippen molar-refractivity contribution < 1.29 is 9.18 Å². The zero-order valence-corrected chi connectivity index (χ0v) is 12.9. The number of halogens is 3. The van der Waals surface area contributed by atoms with Crippen LogP contribution >= 0.6 is 23.2 Å². The Hall–Kier alpha value is -0.840. The molecular formula is C14H17Cl2FN2O. The molecule has 1 aliphatic rings. The zero-order valence-electron chi connectivity index (χ0n) is 11.4. The lowest BCUT2D eigenvalue weighted by molar-refractivity contribution is -0.126. The third kappa shape index (κ3) is 2.78. The van der Waals surface area contributed by atoms with Gasteiger partial charge in [-0.25, -0.2) is 4.39 Å². The topological polar surface area (TPSA) is 41.1 Å². The van der Waals surface area contributed by atoms with Gasteiger partial charge in [0.2, 0.25) is 5.91 Å². The molecule has 1 unspecified atom stereocenters. The van der Waals surface area contributed by atoms with Gasteiger partial charge < -0.3 is 10.6 Å². The molecule has 1 saturated heterocycles. The summed E-state index contributed by atoms with van der Waals surface area (Å²) in [5.74, 6) is -0.484. The van der Waals surface area contributed by atoms with Gasteiger partial charge in [-0.3, -0.25) is 4.79 Å². The minimum atomic E-state index is -0.529. The number of anilines is 1. The summed E-state index contributed by atoms with van der Waals surface area (Å²) >= 11 is 11.9. The normalized spacial score (nSPS) is 22.3. The van der Waals surface area contributed by atoms with Crippen LogP contribution in [-0.4, -0.2) is 19.0 Å². The molecule has 0 radical (unpaired) electrons. The largest absolute Gasteiger partial charge is 0.323 e. The number of nitrogens with one attached hydrogen (secondary N) is 2. The van der Waals surface area contributed by atoms with E-state index in [0.29, 0.717) is 6.54 Å². The Balaban J connectivity index is 2.28. The first-order valence-electron chi connectivity index (χ1n) is 6.53. The molecule has 0 aliphatic carbocycles. The molecule has 6 heteroatoms. The Morgan fingerprint density at radius 2 is 2.00 bits per heavy atom. The number of carbonyl (C=O) groups excluding carboxylic acids is 1. The van der Waals surface area contributed by atoms with E-state index in [1.165, 1.54) is 0 Å². The maximum Gasteiger partial charge on any atom is 0.232 e. The number of hydrogen-bond donors (Lipinski definition) is 2. The highest BCUT2D eigenvalue weighted by atomic mass is 35.5. The molecule has 2 rings (SSSR count). The van der Waals surface area contributed by atoms with Crippen molar-refractivity contribution >= 4 is 34.8 Å². The average Bonchev–Trinajstić information content (AvgIpc) is 2.83. The molecule has 20 heavy (non-hydrogen) atoms. The van der Waals surface area contributed by atoms with Crippen molar-refractivity contribution in [1.29, 1.82) is 0 Å². The molecule has 2 N–H and O–H groups in total. The van der Waals surface area contributed by atoms with Gasteiger partial charge in [0.15, 0.2) is 0 Å². The smallest absolute Gasteiger partial charge is 0.232 e. The van der Waals surface area contributed by atoms with Crippen molar-refractivity contribution in [3.05, 3.63) is 28.0 Å². The standard InChI is InChI=1S/C14H17Cl2FN2O/c1-8(2)14(3-4-18-7-14)13(20)19-12-10(15)5-9(17)6-11(12)16/h5-6,8,18H,3-4,7H2,1-2H3,(H,19,20). The van der Waals surface area contributed by atoms with Gasteiger partial charge in [-0.2, -0.15) is 0 Å². The highest BCUT2D eigenvalue weighted by molar-refractivity contribution is 6.39. The van der Waals surface area contributed by atoms with Crippen LogP contribution in [0.15, 0.2) is 12.1 Å². The van der Waals surface area contributed by atoms with Gasteiger partial charge in [-0.15, -0.1) is 0 Å².